The number of ether oxygens (including phenoxy) is 1. The van der Waals surface area contributed by atoms with Crippen LogP contribution in [0.25, 0.3) is 0 Å². The summed E-state index contributed by atoms with van der Waals surface area (Å²) in [6.45, 7) is 7.30. The molecule has 1 aromatic carbocycles. The van der Waals surface area contributed by atoms with Crippen molar-refractivity contribution in [3.05, 3.63) is 46.7 Å². The first kappa shape index (κ1) is 16.2. The standard InChI is InChI=1S/C16H18ClN3O2/c1-10-7-8-18-15(19-10)20-11-5-6-13(17)12(9-11)14(21)22-16(2,3)4/h5-9H,1-4H3,(H,18,19,20). The molecule has 0 aliphatic rings. The van der Waals surface area contributed by atoms with Gasteiger partial charge < -0.3 is 10.1 Å². The van der Waals surface area contributed by atoms with Gasteiger partial charge in [0.2, 0.25) is 5.95 Å². The minimum Gasteiger partial charge on any atom is -0.456 e. The van der Waals surface area contributed by atoms with Crippen LogP contribution in [0.4, 0.5) is 11.6 Å². The maximum Gasteiger partial charge on any atom is 0.340 e. The van der Waals surface area contributed by atoms with Gasteiger partial charge in [-0.3, -0.25) is 0 Å². The van der Waals surface area contributed by atoms with Gasteiger partial charge in [0.25, 0.3) is 0 Å². The normalized spacial score (nSPS) is 11.1. The molecule has 0 bridgehead atoms. The second-order valence-electron chi connectivity index (χ2n) is 5.84. The van der Waals surface area contributed by atoms with Gasteiger partial charge in [0.05, 0.1) is 10.6 Å². The van der Waals surface area contributed by atoms with Crippen LogP contribution in [0.2, 0.25) is 5.02 Å². The minimum absolute atomic E-state index is 0.300. The number of nitrogens with zero attached hydrogens (tertiary/aromatic N) is 2. The Morgan fingerprint density at radius 2 is 2.00 bits per heavy atom. The fourth-order valence-electron chi connectivity index (χ4n) is 1.73. The van der Waals surface area contributed by atoms with Crippen LogP contribution in [0.3, 0.4) is 0 Å². The predicted octanol–water partition coefficient (Wildman–Crippen LogP) is 4.14. The summed E-state index contributed by atoms with van der Waals surface area (Å²) in [5.41, 5.74) is 1.23. The third kappa shape index (κ3) is 4.43. The highest BCUT2D eigenvalue weighted by atomic mass is 35.5. The number of anilines is 2. The number of esters is 1. The Morgan fingerprint density at radius 3 is 2.64 bits per heavy atom. The number of benzene rings is 1. The van der Waals surface area contributed by atoms with Crippen LogP contribution in [0.5, 0.6) is 0 Å². The zero-order valence-corrected chi connectivity index (χ0v) is 13.7. The Bertz CT molecular complexity index is 696. The lowest BCUT2D eigenvalue weighted by molar-refractivity contribution is 0.00698. The van der Waals surface area contributed by atoms with Crippen LogP contribution in [-0.2, 0) is 4.74 Å². The lowest BCUT2D eigenvalue weighted by Crippen LogP contribution is -2.24. The summed E-state index contributed by atoms with van der Waals surface area (Å²) in [5.74, 6) is -0.0104. The van der Waals surface area contributed by atoms with Crippen molar-refractivity contribution >= 4 is 29.2 Å². The number of aromatic nitrogens is 2. The maximum atomic E-state index is 12.2. The minimum atomic E-state index is -0.580. The first-order chi connectivity index (χ1) is 10.2. The molecule has 22 heavy (non-hydrogen) atoms. The van der Waals surface area contributed by atoms with Crippen molar-refractivity contribution in [1.29, 1.82) is 0 Å². The Kier molecular flexibility index (Phi) is 4.66. The molecule has 1 N–H and O–H groups in total. The van der Waals surface area contributed by atoms with Crippen LogP contribution in [-0.4, -0.2) is 21.5 Å². The average Bonchev–Trinajstić information content (AvgIpc) is 2.39. The van der Waals surface area contributed by atoms with E-state index < -0.39 is 11.6 Å². The van der Waals surface area contributed by atoms with Gasteiger partial charge >= 0.3 is 5.97 Å². The summed E-state index contributed by atoms with van der Waals surface area (Å²) in [6.07, 6.45) is 1.66. The first-order valence-electron chi connectivity index (χ1n) is 6.84. The van der Waals surface area contributed by atoms with E-state index >= 15 is 0 Å². The summed E-state index contributed by atoms with van der Waals surface area (Å²) in [5, 5.41) is 3.38. The molecule has 0 unspecified atom stereocenters. The van der Waals surface area contributed by atoms with Crippen molar-refractivity contribution in [2.75, 3.05) is 5.32 Å². The first-order valence-corrected chi connectivity index (χ1v) is 7.22. The van der Waals surface area contributed by atoms with Crippen LogP contribution < -0.4 is 5.32 Å². The number of nitrogens with one attached hydrogen (secondary N) is 1. The van der Waals surface area contributed by atoms with Crippen LogP contribution in [0, 0.1) is 6.92 Å². The Labute approximate surface area is 134 Å². The second kappa shape index (κ2) is 6.32. The molecule has 1 aromatic heterocycles. The smallest absolute Gasteiger partial charge is 0.340 e. The maximum absolute atomic E-state index is 12.2. The lowest BCUT2D eigenvalue weighted by atomic mass is 10.1. The highest BCUT2D eigenvalue weighted by molar-refractivity contribution is 6.33. The number of hydrogen-bond donors (Lipinski definition) is 1. The third-order valence-corrected chi connectivity index (χ3v) is 2.97. The quantitative estimate of drug-likeness (QED) is 0.861. The van der Waals surface area contributed by atoms with Crippen molar-refractivity contribution in [3.8, 4) is 0 Å². The molecule has 6 heteroatoms. The average molecular weight is 320 g/mol. The monoisotopic (exact) mass is 319 g/mol. The van der Waals surface area contributed by atoms with Gasteiger partial charge in [-0.1, -0.05) is 11.6 Å². The predicted molar refractivity (Wildman–Crippen MR) is 86.7 cm³/mol. The van der Waals surface area contributed by atoms with Crippen molar-refractivity contribution in [2.45, 2.75) is 33.3 Å². The molecule has 2 rings (SSSR count). The molecule has 0 saturated heterocycles. The van der Waals surface area contributed by atoms with Crippen molar-refractivity contribution in [1.82, 2.24) is 9.97 Å². The molecule has 0 saturated carbocycles. The molecule has 5 nitrogen and oxygen atoms in total. The zero-order valence-electron chi connectivity index (χ0n) is 13.0. The molecule has 0 aliphatic carbocycles. The number of halogens is 1. The summed E-state index contributed by atoms with van der Waals surface area (Å²) in [4.78, 5) is 20.5. The van der Waals surface area contributed by atoms with E-state index in [1.165, 1.54) is 0 Å². The molecular weight excluding hydrogens is 302 g/mol. The largest absolute Gasteiger partial charge is 0.456 e. The Hall–Kier alpha value is -2.14. The van der Waals surface area contributed by atoms with E-state index in [0.717, 1.165) is 5.69 Å². The molecular formula is C16H18ClN3O2. The molecule has 0 radical (unpaired) electrons. The number of rotatable bonds is 3. The molecule has 0 spiro atoms. The van der Waals surface area contributed by atoms with Crippen LogP contribution in [0.15, 0.2) is 30.5 Å². The molecule has 0 fully saturated rings. The van der Waals surface area contributed by atoms with Gasteiger partial charge in [0, 0.05) is 17.6 Å². The Balaban J connectivity index is 2.25. The summed E-state index contributed by atoms with van der Waals surface area (Å²) >= 11 is 6.09. The highest BCUT2D eigenvalue weighted by Gasteiger charge is 2.20. The summed E-state index contributed by atoms with van der Waals surface area (Å²) in [7, 11) is 0. The van der Waals surface area contributed by atoms with E-state index in [0.29, 0.717) is 22.2 Å². The number of carbonyl (C=O) groups excluding carboxylic acids is 1. The summed E-state index contributed by atoms with van der Waals surface area (Å²) in [6, 6.07) is 6.82. The molecule has 0 amide bonds. The van der Waals surface area contributed by atoms with Gasteiger partial charge in [-0.25, -0.2) is 14.8 Å². The van der Waals surface area contributed by atoms with Gasteiger partial charge in [0.1, 0.15) is 5.60 Å². The number of aryl methyl sites for hydroxylation is 1. The molecule has 0 atom stereocenters. The third-order valence-electron chi connectivity index (χ3n) is 2.64. The van der Waals surface area contributed by atoms with Gasteiger partial charge in [-0.2, -0.15) is 0 Å². The zero-order chi connectivity index (χ0) is 16.3. The van der Waals surface area contributed by atoms with Gasteiger partial charge in [-0.05, 0) is 52.0 Å². The molecule has 2 aromatic rings. The van der Waals surface area contributed by atoms with Crippen molar-refractivity contribution in [3.63, 3.8) is 0 Å². The Morgan fingerprint density at radius 1 is 1.27 bits per heavy atom. The van der Waals surface area contributed by atoms with Crippen LogP contribution in [0.1, 0.15) is 36.8 Å². The number of hydrogen-bond acceptors (Lipinski definition) is 5. The van der Waals surface area contributed by atoms with Crippen molar-refractivity contribution < 1.29 is 9.53 Å². The fraction of sp³-hybridized carbons (Fsp3) is 0.312. The van der Waals surface area contributed by atoms with Crippen LogP contribution >= 0.6 is 11.6 Å². The molecule has 0 aliphatic heterocycles. The van der Waals surface area contributed by atoms with E-state index in [4.69, 9.17) is 16.3 Å². The second-order valence-corrected chi connectivity index (χ2v) is 6.25. The van der Waals surface area contributed by atoms with E-state index in [1.54, 1.807) is 30.5 Å². The molecule has 1 heterocycles. The van der Waals surface area contributed by atoms with E-state index in [9.17, 15) is 4.79 Å². The van der Waals surface area contributed by atoms with Gasteiger partial charge in [-0.15, -0.1) is 0 Å². The topological polar surface area (TPSA) is 64.1 Å². The van der Waals surface area contributed by atoms with E-state index in [-0.39, 0.29) is 0 Å². The SMILES string of the molecule is Cc1ccnc(Nc2ccc(Cl)c(C(=O)OC(C)(C)C)c2)n1. The van der Waals surface area contributed by atoms with Gasteiger partial charge in [0.15, 0.2) is 0 Å². The fourth-order valence-corrected chi connectivity index (χ4v) is 1.93. The van der Waals surface area contributed by atoms with E-state index in [2.05, 4.69) is 15.3 Å². The van der Waals surface area contributed by atoms with E-state index in [1.807, 2.05) is 27.7 Å². The lowest BCUT2D eigenvalue weighted by Gasteiger charge is -2.20. The molecule has 116 valence electrons. The van der Waals surface area contributed by atoms with Crippen molar-refractivity contribution in [2.24, 2.45) is 0 Å². The summed E-state index contributed by atoms with van der Waals surface area (Å²) < 4.78 is 5.35. The number of carbonyl (C=O) groups is 1. The highest BCUT2D eigenvalue weighted by Crippen LogP contribution is 2.24.